The van der Waals surface area contributed by atoms with Gasteiger partial charge in [0.15, 0.2) is 0 Å². The van der Waals surface area contributed by atoms with Crippen LogP contribution in [0.3, 0.4) is 0 Å². The summed E-state index contributed by atoms with van der Waals surface area (Å²) in [6.45, 7) is -0.608. The summed E-state index contributed by atoms with van der Waals surface area (Å²) in [4.78, 5) is 10.6. The zero-order valence-corrected chi connectivity index (χ0v) is 6.90. The Morgan fingerprint density at radius 1 is 1.42 bits per heavy atom. The molecule has 1 fully saturated rings. The minimum Gasteiger partial charge on any atom is -0.458 e. The Kier molecular flexibility index (Phi) is 3.49. The molecule has 4 nitrogen and oxygen atoms in total. The number of hydrogen-bond acceptors (Lipinski definition) is 4. The van der Waals surface area contributed by atoms with E-state index in [1.807, 2.05) is 0 Å². The first-order valence-electron chi connectivity index (χ1n) is 4.22. The van der Waals surface area contributed by atoms with Gasteiger partial charge < -0.3 is 14.9 Å². The Bertz CT molecular complexity index is 157. The molecule has 0 aromatic carbocycles. The Balaban J connectivity index is 2.33. The number of rotatable bonds is 2. The molecule has 0 bridgehead atoms. The molecule has 0 aromatic rings. The molecule has 0 unspecified atom stereocenters. The van der Waals surface area contributed by atoms with Crippen molar-refractivity contribution in [2.45, 2.75) is 37.9 Å². The second-order valence-corrected chi connectivity index (χ2v) is 3.04. The highest BCUT2D eigenvalue weighted by Crippen LogP contribution is 2.20. The van der Waals surface area contributed by atoms with Crippen LogP contribution in [0.1, 0.15) is 25.7 Å². The van der Waals surface area contributed by atoms with Crippen molar-refractivity contribution in [3.8, 4) is 0 Å². The largest absolute Gasteiger partial charge is 0.458 e. The lowest BCUT2D eigenvalue weighted by molar-refractivity contribution is -0.160. The molecule has 4 heteroatoms. The lowest BCUT2D eigenvalue weighted by atomic mass is 9.95. The maximum absolute atomic E-state index is 10.6. The van der Waals surface area contributed by atoms with E-state index in [1.54, 1.807) is 0 Å². The Labute approximate surface area is 71.2 Å². The second-order valence-electron chi connectivity index (χ2n) is 3.04. The highest BCUT2D eigenvalue weighted by molar-refractivity contribution is 5.70. The summed E-state index contributed by atoms with van der Waals surface area (Å²) in [5.41, 5.74) is 0. The molecule has 0 radical (unpaired) electrons. The molecule has 2 N–H and O–H groups in total. The van der Waals surface area contributed by atoms with Crippen molar-refractivity contribution in [2.75, 3.05) is 6.61 Å². The molecule has 0 aliphatic heterocycles. The van der Waals surface area contributed by atoms with E-state index in [1.165, 1.54) is 0 Å². The van der Waals surface area contributed by atoms with Crippen molar-refractivity contribution >= 4 is 5.97 Å². The smallest absolute Gasteiger partial charge is 0.332 e. The topological polar surface area (TPSA) is 66.8 Å². The molecular formula is C8H14O4. The quantitative estimate of drug-likeness (QED) is 0.570. The molecule has 1 aliphatic carbocycles. The van der Waals surface area contributed by atoms with E-state index >= 15 is 0 Å². The molecule has 0 heterocycles. The van der Waals surface area contributed by atoms with Crippen LogP contribution in [0.15, 0.2) is 0 Å². The Morgan fingerprint density at radius 3 is 2.67 bits per heavy atom. The average Bonchev–Trinajstić information content (AvgIpc) is 2.09. The number of carbonyl (C=O) groups excluding carboxylic acids is 1. The molecule has 0 spiro atoms. The van der Waals surface area contributed by atoms with Crippen molar-refractivity contribution in [3.05, 3.63) is 0 Å². The molecule has 2 atom stereocenters. The van der Waals surface area contributed by atoms with Crippen molar-refractivity contribution in [2.24, 2.45) is 0 Å². The fourth-order valence-electron chi connectivity index (χ4n) is 1.42. The van der Waals surface area contributed by atoms with Crippen LogP contribution in [0, 0.1) is 0 Å². The summed E-state index contributed by atoms with van der Waals surface area (Å²) in [6, 6.07) is 0. The summed E-state index contributed by atoms with van der Waals surface area (Å²) in [5.74, 6) is -0.652. The van der Waals surface area contributed by atoms with E-state index in [2.05, 4.69) is 0 Å². The van der Waals surface area contributed by atoms with Gasteiger partial charge in [-0.1, -0.05) is 6.42 Å². The summed E-state index contributed by atoms with van der Waals surface area (Å²) in [7, 11) is 0. The van der Waals surface area contributed by atoms with Crippen LogP contribution >= 0.6 is 0 Å². The average molecular weight is 174 g/mol. The summed E-state index contributed by atoms with van der Waals surface area (Å²) in [6.07, 6.45) is 2.39. The third-order valence-corrected chi connectivity index (χ3v) is 2.08. The number of aliphatic hydroxyl groups excluding tert-OH is 2. The molecule has 0 saturated heterocycles. The van der Waals surface area contributed by atoms with E-state index in [4.69, 9.17) is 9.84 Å². The summed E-state index contributed by atoms with van der Waals surface area (Å²) >= 11 is 0. The van der Waals surface area contributed by atoms with Gasteiger partial charge in [0, 0.05) is 0 Å². The van der Waals surface area contributed by atoms with Crippen LogP contribution in [0.25, 0.3) is 0 Å². The molecule has 12 heavy (non-hydrogen) atoms. The van der Waals surface area contributed by atoms with Gasteiger partial charge in [0.2, 0.25) is 0 Å². The minimum absolute atomic E-state index is 0.404. The highest BCUT2D eigenvalue weighted by atomic mass is 16.6. The number of ether oxygens (including phenoxy) is 1. The van der Waals surface area contributed by atoms with Crippen LogP contribution in [-0.4, -0.2) is 35.0 Å². The summed E-state index contributed by atoms with van der Waals surface area (Å²) < 4.78 is 4.81. The van der Waals surface area contributed by atoms with Crippen molar-refractivity contribution < 1.29 is 19.7 Å². The summed E-state index contributed by atoms with van der Waals surface area (Å²) in [5, 5.41) is 17.8. The van der Waals surface area contributed by atoms with Crippen molar-refractivity contribution in [1.29, 1.82) is 0 Å². The number of aliphatic hydroxyl groups is 2. The van der Waals surface area contributed by atoms with E-state index in [-0.39, 0.29) is 0 Å². The Hall–Kier alpha value is -0.610. The van der Waals surface area contributed by atoms with Crippen LogP contribution in [0.5, 0.6) is 0 Å². The van der Waals surface area contributed by atoms with Crippen LogP contribution < -0.4 is 0 Å². The monoisotopic (exact) mass is 174 g/mol. The maximum Gasteiger partial charge on any atom is 0.332 e. The fraction of sp³-hybridized carbons (Fsp3) is 0.875. The van der Waals surface area contributed by atoms with Gasteiger partial charge >= 0.3 is 5.97 Å². The first-order valence-corrected chi connectivity index (χ1v) is 4.22. The third-order valence-electron chi connectivity index (χ3n) is 2.08. The molecule has 1 saturated carbocycles. The number of carbonyl (C=O) groups is 1. The molecule has 0 amide bonds. The highest BCUT2D eigenvalue weighted by Gasteiger charge is 2.25. The molecule has 70 valence electrons. The van der Waals surface area contributed by atoms with Gasteiger partial charge in [-0.2, -0.15) is 0 Å². The predicted molar refractivity (Wildman–Crippen MR) is 41.4 cm³/mol. The molecule has 0 aromatic heterocycles. The standard InChI is InChI=1S/C8H14O4/c9-5-8(11)12-7-4-2-1-3-6(7)10/h6-7,9-10H,1-5H2/t6-,7-/m1/s1. The Morgan fingerprint density at radius 2 is 2.08 bits per heavy atom. The second kappa shape index (κ2) is 4.42. The minimum atomic E-state index is -0.652. The normalized spacial score (nSPS) is 29.8. The van der Waals surface area contributed by atoms with E-state index in [0.717, 1.165) is 12.8 Å². The zero-order chi connectivity index (χ0) is 8.97. The fourth-order valence-corrected chi connectivity index (χ4v) is 1.42. The SMILES string of the molecule is O=C(CO)O[C@@H]1CCCC[C@H]1O. The van der Waals surface area contributed by atoms with E-state index in [0.29, 0.717) is 12.8 Å². The van der Waals surface area contributed by atoms with Crippen molar-refractivity contribution in [3.63, 3.8) is 0 Å². The van der Waals surface area contributed by atoms with Gasteiger partial charge in [-0.3, -0.25) is 0 Å². The van der Waals surface area contributed by atoms with Crippen LogP contribution in [0.2, 0.25) is 0 Å². The van der Waals surface area contributed by atoms with Gasteiger partial charge in [0.1, 0.15) is 12.7 Å². The maximum atomic E-state index is 10.6. The first kappa shape index (κ1) is 9.48. The van der Waals surface area contributed by atoms with Crippen LogP contribution in [0.4, 0.5) is 0 Å². The lowest BCUT2D eigenvalue weighted by Crippen LogP contribution is -2.34. The number of hydrogen-bond donors (Lipinski definition) is 2. The van der Waals surface area contributed by atoms with E-state index < -0.39 is 24.8 Å². The van der Waals surface area contributed by atoms with Gasteiger partial charge in [-0.15, -0.1) is 0 Å². The van der Waals surface area contributed by atoms with Gasteiger partial charge in [-0.25, -0.2) is 4.79 Å². The number of esters is 1. The molecule has 1 aliphatic rings. The van der Waals surface area contributed by atoms with E-state index in [9.17, 15) is 9.90 Å². The first-order chi connectivity index (χ1) is 5.74. The third kappa shape index (κ3) is 2.46. The molecule has 1 rings (SSSR count). The van der Waals surface area contributed by atoms with Gasteiger partial charge in [-0.05, 0) is 19.3 Å². The van der Waals surface area contributed by atoms with Gasteiger partial charge in [0.25, 0.3) is 0 Å². The van der Waals surface area contributed by atoms with Gasteiger partial charge in [0.05, 0.1) is 6.10 Å². The lowest BCUT2D eigenvalue weighted by Gasteiger charge is -2.26. The molecular weight excluding hydrogens is 160 g/mol. The van der Waals surface area contributed by atoms with Crippen molar-refractivity contribution in [1.82, 2.24) is 0 Å². The predicted octanol–water partition coefficient (Wildman–Crippen LogP) is -0.175. The zero-order valence-electron chi connectivity index (χ0n) is 6.90. The van der Waals surface area contributed by atoms with Crippen LogP contribution in [-0.2, 0) is 9.53 Å².